The van der Waals surface area contributed by atoms with Gasteiger partial charge in [-0.15, -0.1) is 0 Å². The second-order valence-corrected chi connectivity index (χ2v) is 5.33. The van der Waals surface area contributed by atoms with Crippen LogP contribution in [0.3, 0.4) is 0 Å². The van der Waals surface area contributed by atoms with E-state index in [0.29, 0.717) is 21.9 Å². The highest BCUT2D eigenvalue weighted by Crippen LogP contribution is 2.27. The van der Waals surface area contributed by atoms with Crippen LogP contribution in [-0.4, -0.2) is 24.0 Å². The lowest BCUT2D eigenvalue weighted by molar-refractivity contribution is -0.115. The molecular weight excluding hydrogens is 305 g/mol. The normalized spacial score (nSPS) is 14.7. The van der Waals surface area contributed by atoms with Gasteiger partial charge in [-0.3, -0.25) is 4.79 Å². The fourth-order valence-electron chi connectivity index (χ4n) is 1.41. The molecule has 92 valence electrons. The third-order valence-electron chi connectivity index (χ3n) is 2.50. The summed E-state index contributed by atoms with van der Waals surface area (Å²) in [6.45, 7) is 1.26. The average Bonchev–Trinajstić information content (AvgIpc) is 3.07. The summed E-state index contributed by atoms with van der Waals surface area (Å²) in [6.07, 6.45) is 4.09. The van der Waals surface area contributed by atoms with Crippen LogP contribution in [0.5, 0.6) is 0 Å². The smallest absolute Gasteiger partial charge is 0.238 e. The first-order valence-electron chi connectivity index (χ1n) is 5.47. The largest absolute Gasteiger partial charge is 0.324 e. The first kappa shape index (κ1) is 12.8. The number of hydrogen-bond donors (Lipinski definition) is 2. The topological polar surface area (TPSA) is 54.0 Å². The summed E-state index contributed by atoms with van der Waals surface area (Å²) in [5, 5.41) is 6.26. The van der Waals surface area contributed by atoms with Crippen molar-refractivity contribution in [2.24, 2.45) is 5.92 Å². The zero-order valence-corrected chi connectivity index (χ0v) is 11.5. The lowest BCUT2D eigenvalue weighted by Crippen LogP contribution is -2.29. The summed E-state index contributed by atoms with van der Waals surface area (Å²) < 4.78 is 0.669. The Morgan fingerprint density at radius 2 is 2.35 bits per heavy atom. The number of nitrogens with zero attached hydrogens (tertiary/aromatic N) is 1. The summed E-state index contributed by atoms with van der Waals surface area (Å²) in [5.41, 5.74) is 0.638. The Labute approximate surface area is 113 Å². The van der Waals surface area contributed by atoms with Gasteiger partial charge in [-0.1, -0.05) is 11.6 Å². The zero-order valence-electron chi connectivity index (χ0n) is 9.17. The van der Waals surface area contributed by atoms with Crippen molar-refractivity contribution in [1.82, 2.24) is 10.3 Å². The maximum Gasteiger partial charge on any atom is 0.238 e. The molecule has 1 aliphatic carbocycles. The molecule has 2 rings (SSSR count). The second-order valence-electron chi connectivity index (χ2n) is 4.12. The summed E-state index contributed by atoms with van der Waals surface area (Å²) in [7, 11) is 0. The quantitative estimate of drug-likeness (QED) is 0.820. The number of aromatic nitrogens is 1. The van der Waals surface area contributed by atoms with Crippen LogP contribution in [0.4, 0.5) is 5.69 Å². The van der Waals surface area contributed by atoms with E-state index in [1.807, 2.05) is 0 Å². The van der Waals surface area contributed by atoms with Crippen molar-refractivity contribution in [2.75, 3.05) is 18.4 Å². The van der Waals surface area contributed by atoms with Gasteiger partial charge in [0.25, 0.3) is 0 Å². The molecule has 0 unspecified atom stereocenters. The van der Waals surface area contributed by atoms with E-state index in [9.17, 15) is 4.79 Å². The maximum atomic E-state index is 11.6. The van der Waals surface area contributed by atoms with Crippen molar-refractivity contribution < 1.29 is 4.79 Å². The Morgan fingerprint density at radius 1 is 1.59 bits per heavy atom. The van der Waals surface area contributed by atoms with E-state index in [4.69, 9.17) is 11.6 Å². The summed E-state index contributed by atoms with van der Waals surface area (Å²) in [4.78, 5) is 15.5. The Bertz CT molecular complexity index is 423. The maximum absolute atomic E-state index is 11.6. The molecule has 1 aliphatic rings. The van der Waals surface area contributed by atoms with E-state index < -0.39 is 0 Å². The van der Waals surface area contributed by atoms with Crippen LogP contribution in [0.25, 0.3) is 0 Å². The van der Waals surface area contributed by atoms with Crippen molar-refractivity contribution >= 4 is 39.1 Å². The molecular formula is C11H13BrClN3O. The van der Waals surface area contributed by atoms with Crippen molar-refractivity contribution in [3.8, 4) is 0 Å². The minimum absolute atomic E-state index is 0.0679. The molecule has 1 aromatic rings. The van der Waals surface area contributed by atoms with E-state index in [-0.39, 0.29) is 5.91 Å². The molecule has 1 fully saturated rings. The van der Waals surface area contributed by atoms with Crippen LogP contribution in [0, 0.1) is 5.92 Å². The third-order valence-corrected chi connectivity index (χ3v) is 3.63. The fourth-order valence-corrected chi connectivity index (χ4v) is 1.86. The molecule has 1 aromatic heterocycles. The lowest BCUT2D eigenvalue weighted by atomic mass is 10.4. The van der Waals surface area contributed by atoms with Gasteiger partial charge in [-0.05, 0) is 47.3 Å². The predicted octanol–water partition coefficient (Wildman–Crippen LogP) is 2.44. The summed E-state index contributed by atoms with van der Waals surface area (Å²) >= 11 is 9.01. The molecule has 1 amide bonds. The second kappa shape index (κ2) is 5.80. The Balaban J connectivity index is 1.77. The molecule has 6 heteroatoms. The lowest BCUT2D eigenvalue weighted by Gasteiger charge is -2.06. The van der Waals surface area contributed by atoms with Gasteiger partial charge in [0.2, 0.25) is 5.91 Å². The summed E-state index contributed by atoms with van der Waals surface area (Å²) in [6, 6.07) is 1.73. The van der Waals surface area contributed by atoms with Crippen LogP contribution >= 0.6 is 27.5 Å². The van der Waals surface area contributed by atoms with Crippen molar-refractivity contribution in [3.63, 3.8) is 0 Å². The van der Waals surface area contributed by atoms with Crippen LogP contribution in [0.2, 0.25) is 5.15 Å². The Morgan fingerprint density at radius 3 is 3.00 bits per heavy atom. The van der Waals surface area contributed by atoms with Crippen molar-refractivity contribution in [3.05, 3.63) is 21.9 Å². The molecule has 0 spiro atoms. The van der Waals surface area contributed by atoms with Crippen molar-refractivity contribution in [1.29, 1.82) is 0 Å². The highest BCUT2D eigenvalue weighted by Gasteiger charge is 2.20. The van der Waals surface area contributed by atoms with Crippen LogP contribution in [-0.2, 0) is 4.79 Å². The van der Waals surface area contributed by atoms with Gasteiger partial charge in [0, 0.05) is 0 Å². The molecule has 17 heavy (non-hydrogen) atoms. The van der Waals surface area contributed by atoms with Gasteiger partial charge >= 0.3 is 0 Å². The first-order chi connectivity index (χ1) is 8.15. The number of carbonyl (C=O) groups excluding carboxylic acids is 1. The molecule has 1 saturated carbocycles. The molecule has 1 heterocycles. The van der Waals surface area contributed by atoms with Crippen molar-refractivity contribution in [2.45, 2.75) is 12.8 Å². The number of rotatable bonds is 5. The van der Waals surface area contributed by atoms with Crippen LogP contribution < -0.4 is 10.6 Å². The predicted molar refractivity (Wildman–Crippen MR) is 71.2 cm³/mol. The standard InChI is InChI=1S/C11H13BrClN3O/c12-9-3-8(5-15-11(9)13)16-10(17)6-14-4-7-1-2-7/h3,5,7,14H,1-2,4,6H2,(H,16,17). The Kier molecular flexibility index (Phi) is 4.36. The number of anilines is 1. The minimum Gasteiger partial charge on any atom is -0.324 e. The monoisotopic (exact) mass is 317 g/mol. The minimum atomic E-state index is -0.0679. The number of halogens is 2. The number of pyridine rings is 1. The van der Waals surface area contributed by atoms with Gasteiger partial charge in [-0.2, -0.15) is 0 Å². The third kappa shape index (κ3) is 4.26. The van der Waals surface area contributed by atoms with Gasteiger partial charge in [0.15, 0.2) is 0 Å². The van der Waals surface area contributed by atoms with E-state index in [1.54, 1.807) is 6.07 Å². The molecule has 0 aliphatic heterocycles. The first-order valence-corrected chi connectivity index (χ1v) is 6.64. The SMILES string of the molecule is O=C(CNCC1CC1)Nc1cnc(Cl)c(Br)c1. The average molecular weight is 319 g/mol. The van der Waals surface area contributed by atoms with Gasteiger partial charge in [0.05, 0.1) is 22.9 Å². The van der Waals surface area contributed by atoms with Gasteiger partial charge in [0.1, 0.15) is 5.15 Å². The van der Waals surface area contributed by atoms with Crippen LogP contribution in [0.1, 0.15) is 12.8 Å². The highest BCUT2D eigenvalue weighted by molar-refractivity contribution is 9.10. The van der Waals surface area contributed by atoms with Crippen LogP contribution in [0.15, 0.2) is 16.7 Å². The van der Waals surface area contributed by atoms with E-state index in [0.717, 1.165) is 12.5 Å². The molecule has 0 aromatic carbocycles. The number of hydrogen-bond acceptors (Lipinski definition) is 3. The van der Waals surface area contributed by atoms with Gasteiger partial charge in [-0.25, -0.2) is 4.98 Å². The molecule has 0 bridgehead atoms. The molecule has 2 N–H and O–H groups in total. The number of amides is 1. The number of carbonyl (C=O) groups is 1. The number of nitrogens with one attached hydrogen (secondary N) is 2. The molecule has 0 radical (unpaired) electrons. The Hall–Kier alpha value is -0.650. The molecule has 4 nitrogen and oxygen atoms in total. The summed E-state index contributed by atoms with van der Waals surface area (Å²) in [5.74, 6) is 0.704. The molecule has 0 saturated heterocycles. The van der Waals surface area contributed by atoms with Gasteiger partial charge < -0.3 is 10.6 Å². The highest BCUT2D eigenvalue weighted by atomic mass is 79.9. The molecule has 0 atom stereocenters. The zero-order chi connectivity index (χ0) is 12.3. The van der Waals surface area contributed by atoms with E-state index >= 15 is 0 Å². The van der Waals surface area contributed by atoms with E-state index in [2.05, 4.69) is 31.5 Å². The fraction of sp³-hybridized carbons (Fsp3) is 0.455. The van der Waals surface area contributed by atoms with E-state index in [1.165, 1.54) is 19.0 Å².